The summed E-state index contributed by atoms with van der Waals surface area (Å²) < 4.78 is 2.31. The van der Waals surface area contributed by atoms with E-state index in [1.165, 1.54) is 14.9 Å². The highest BCUT2D eigenvalue weighted by molar-refractivity contribution is 9.12. The van der Waals surface area contributed by atoms with Gasteiger partial charge < -0.3 is 0 Å². The Morgan fingerprint density at radius 2 is 2.18 bits per heavy atom. The minimum Gasteiger partial charge on any atom is -0.261 e. The first kappa shape index (κ1) is 13.7. The topological polar surface area (TPSA) is 12.9 Å². The summed E-state index contributed by atoms with van der Waals surface area (Å²) in [5.41, 5.74) is 3.65. The number of halogens is 3. The Balaban J connectivity index is 2.20. The van der Waals surface area contributed by atoms with E-state index < -0.39 is 0 Å². The van der Waals surface area contributed by atoms with Crippen LogP contribution in [-0.2, 0) is 6.42 Å². The largest absolute Gasteiger partial charge is 0.261 e. The average molecular weight is 440 g/mol. The first-order valence-corrected chi connectivity index (χ1v) is 8.39. The fraction of sp³-hybridized carbons (Fsp3) is 0.250. The summed E-state index contributed by atoms with van der Waals surface area (Å²) >= 11 is 12.5. The molecule has 0 saturated carbocycles. The average Bonchev–Trinajstić information content (AvgIpc) is 2.61. The lowest BCUT2D eigenvalue weighted by Gasteiger charge is -2.10. The van der Waals surface area contributed by atoms with E-state index in [9.17, 15) is 0 Å². The van der Waals surface area contributed by atoms with Crippen molar-refractivity contribution >= 4 is 59.1 Å². The molecule has 0 aromatic carbocycles. The van der Waals surface area contributed by atoms with Crippen LogP contribution in [0.3, 0.4) is 0 Å². The summed E-state index contributed by atoms with van der Waals surface area (Å²) in [6, 6.07) is 6.21. The zero-order valence-electron chi connectivity index (χ0n) is 9.08. The summed E-state index contributed by atoms with van der Waals surface area (Å²) in [7, 11) is 0. The maximum atomic E-state index is 4.43. The van der Waals surface area contributed by atoms with Crippen LogP contribution < -0.4 is 0 Å². The molecule has 1 nitrogen and oxygen atoms in total. The lowest BCUT2D eigenvalue weighted by Crippen LogP contribution is -1.99. The maximum Gasteiger partial charge on any atom is 0.0753 e. The molecule has 0 bridgehead atoms. The highest BCUT2D eigenvalue weighted by atomic mass is 79.9. The van der Waals surface area contributed by atoms with Crippen molar-refractivity contribution < 1.29 is 0 Å². The molecule has 5 heteroatoms. The highest BCUT2D eigenvalue weighted by Gasteiger charge is 2.16. The first-order valence-electron chi connectivity index (χ1n) is 5.07. The van der Waals surface area contributed by atoms with Crippen LogP contribution >= 0.6 is 59.1 Å². The zero-order chi connectivity index (χ0) is 12.4. The van der Waals surface area contributed by atoms with Crippen LogP contribution in [0, 0.1) is 6.92 Å². The third-order valence-electron chi connectivity index (χ3n) is 2.51. The standard InChI is InChI=1S/C12H10Br3NS/c1-7-3-2-4-16-10(7)6-9(13)8-5-11(14)17-12(8)15/h2-5,9H,6H2,1H3. The molecule has 90 valence electrons. The van der Waals surface area contributed by atoms with Crippen LogP contribution in [0.4, 0.5) is 0 Å². The Kier molecular flexibility index (Phi) is 4.80. The monoisotopic (exact) mass is 437 g/mol. The van der Waals surface area contributed by atoms with E-state index in [1.807, 2.05) is 12.3 Å². The van der Waals surface area contributed by atoms with Crippen LogP contribution in [0.25, 0.3) is 0 Å². The number of aromatic nitrogens is 1. The molecule has 0 amide bonds. The van der Waals surface area contributed by atoms with E-state index >= 15 is 0 Å². The van der Waals surface area contributed by atoms with E-state index in [1.54, 1.807) is 11.3 Å². The summed E-state index contributed by atoms with van der Waals surface area (Å²) in [5.74, 6) is 0. The van der Waals surface area contributed by atoms with Gasteiger partial charge in [0, 0.05) is 23.1 Å². The van der Waals surface area contributed by atoms with Gasteiger partial charge in [-0.15, -0.1) is 11.3 Å². The molecular formula is C12H10Br3NS. The predicted octanol–water partition coefficient (Wildman–Crippen LogP) is 5.66. The van der Waals surface area contributed by atoms with E-state index in [-0.39, 0.29) is 4.83 Å². The maximum absolute atomic E-state index is 4.43. The molecule has 17 heavy (non-hydrogen) atoms. The molecule has 0 fully saturated rings. The van der Waals surface area contributed by atoms with E-state index in [0.717, 1.165) is 15.9 Å². The predicted molar refractivity (Wildman–Crippen MR) is 84.1 cm³/mol. The van der Waals surface area contributed by atoms with Gasteiger partial charge in [0.15, 0.2) is 0 Å². The van der Waals surface area contributed by atoms with Gasteiger partial charge in [-0.25, -0.2) is 0 Å². The summed E-state index contributed by atoms with van der Waals surface area (Å²) in [6.45, 7) is 2.10. The Labute approximate surface area is 130 Å². The number of hydrogen-bond donors (Lipinski definition) is 0. The third kappa shape index (κ3) is 3.40. The molecule has 1 atom stereocenters. The number of nitrogens with zero attached hydrogens (tertiary/aromatic N) is 1. The van der Waals surface area contributed by atoms with Crippen LogP contribution in [0.2, 0.25) is 0 Å². The molecule has 1 unspecified atom stereocenters. The molecule has 2 aromatic rings. The smallest absolute Gasteiger partial charge is 0.0753 e. The minimum absolute atomic E-state index is 0.285. The second-order valence-electron chi connectivity index (χ2n) is 3.72. The van der Waals surface area contributed by atoms with Gasteiger partial charge in [-0.1, -0.05) is 22.0 Å². The van der Waals surface area contributed by atoms with Crippen molar-refractivity contribution in [2.24, 2.45) is 0 Å². The molecule has 0 saturated heterocycles. The van der Waals surface area contributed by atoms with Gasteiger partial charge in [-0.05, 0) is 62.0 Å². The molecular weight excluding hydrogens is 430 g/mol. The van der Waals surface area contributed by atoms with Crippen molar-refractivity contribution in [3.63, 3.8) is 0 Å². The number of thiophene rings is 1. The van der Waals surface area contributed by atoms with Gasteiger partial charge in [0.05, 0.1) is 7.57 Å². The fourth-order valence-electron chi connectivity index (χ4n) is 1.58. The number of rotatable bonds is 3. The van der Waals surface area contributed by atoms with Crippen molar-refractivity contribution in [3.05, 3.63) is 48.8 Å². The van der Waals surface area contributed by atoms with Crippen LogP contribution in [-0.4, -0.2) is 4.98 Å². The SMILES string of the molecule is Cc1cccnc1CC(Br)c1cc(Br)sc1Br. The van der Waals surface area contributed by atoms with Gasteiger partial charge >= 0.3 is 0 Å². The number of aryl methyl sites for hydroxylation is 1. The van der Waals surface area contributed by atoms with Crippen molar-refractivity contribution in [1.29, 1.82) is 0 Å². The van der Waals surface area contributed by atoms with Crippen molar-refractivity contribution in [3.8, 4) is 0 Å². The normalized spacial score (nSPS) is 12.7. The molecule has 0 N–H and O–H groups in total. The molecule has 0 aliphatic heterocycles. The summed E-state index contributed by atoms with van der Waals surface area (Å²) in [6.07, 6.45) is 2.75. The fourth-order valence-corrected chi connectivity index (χ4v) is 5.68. The Morgan fingerprint density at radius 1 is 1.41 bits per heavy atom. The molecule has 0 radical (unpaired) electrons. The third-order valence-corrected chi connectivity index (χ3v) is 5.71. The molecule has 0 aliphatic carbocycles. The van der Waals surface area contributed by atoms with E-state index in [4.69, 9.17) is 0 Å². The number of hydrogen-bond acceptors (Lipinski definition) is 2. The second kappa shape index (κ2) is 5.95. The summed E-state index contributed by atoms with van der Waals surface area (Å²) in [5, 5.41) is 0. The number of pyridine rings is 1. The van der Waals surface area contributed by atoms with Gasteiger partial charge in [0.2, 0.25) is 0 Å². The lowest BCUT2D eigenvalue weighted by molar-refractivity contribution is 0.892. The minimum atomic E-state index is 0.285. The first-order chi connectivity index (χ1) is 8.08. The quantitative estimate of drug-likeness (QED) is 0.562. The van der Waals surface area contributed by atoms with Crippen LogP contribution in [0.15, 0.2) is 32.0 Å². The molecule has 0 aliphatic rings. The lowest BCUT2D eigenvalue weighted by atomic mass is 10.1. The second-order valence-corrected chi connectivity index (χ2v) is 8.57. The Morgan fingerprint density at radius 3 is 2.76 bits per heavy atom. The van der Waals surface area contributed by atoms with Crippen LogP contribution in [0.1, 0.15) is 21.6 Å². The van der Waals surface area contributed by atoms with Gasteiger partial charge in [-0.2, -0.15) is 0 Å². The molecule has 2 rings (SSSR count). The van der Waals surface area contributed by atoms with Gasteiger partial charge in [-0.3, -0.25) is 4.98 Å². The van der Waals surface area contributed by atoms with E-state index in [2.05, 4.69) is 71.8 Å². The van der Waals surface area contributed by atoms with Crippen LogP contribution in [0.5, 0.6) is 0 Å². The van der Waals surface area contributed by atoms with Crippen molar-refractivity contribution in [2.75, 3.05) is 0 Å². The van der Waals surface area contributed by atoms with Gasteiger partial charge in [0.25, 0.3) is 0 Å². The zero-order valence-corrected chi connectivity index (χ0v) is 14.7. The van der Waals surface area contributed by atoms with Crippen molar-refractivity contribution in [2.45, 2.75) is 18.2 Å². The van der Waals surface area contributed by atoms with Crippen molar-refractivity contribution in [1.82, 2.24) is 4.98 Å². The Bertz CT molecular complexity index is 524. The molecule has 2 heterocycles. The Hall–Kier alpha value is 0.290. The van der Waals surface area contributed by atoms with E-state index in [0.29, 0.717) is 0 Å². The molecule has 2 aromatic heterocycles. The summed E-state index contributed by atoms with van der Waals surface area (Å²) in [4.78, 5) is 4.71. The highest BCUT2D eigenvalue weighted by Crippen LogP contribution is 2.40. The number of alkyl halides is 1. The van der Waals surface area contributed by atoms with Gasteiger partial charge in [0.1, 0.15) is 0 Å². The molecule has 0 spiro atoms.